The Morgan fingerprint density at radius 2 is 2.04 bits per heavy atom. The molecule has 1 amide bonds. The number of hydrogen-bond donors (Lipinski definition) is 1. The first-order valence-electron chi connectivity index (χ1n) is 8.60. The molecule has 0 saturated heterocycles. The normalized spacial score (nSPS) is 14.8. The van der Waals surface area contributed by atoms with Crippen molar-refractivity contribution in [1.82, 2.24) is 20.1 Å². The van der Waals surface area contributed by atoms with Crippen molar-refractivity contribution in [2.45, 2.75) is 49.7 Å². The SMILES string of the molecule is COc1ccc(CNC(=O)[C@H](C)Sc2nnc(C)n2C2CC2)cc1OC. The van der Waals surface area contributed by atoms with Crippen molar-refractivity contribution in [3.63, 3.8) is 0 Å². The molecule has 1 aromatic heterocycles. The number of thioether (sulfide) groups is 1. The van der Waals surface area contributed by atoms with Crippen LogP contribution in [0, 0.1) is 6.92 Å². The van der Waals surface area contributed by atoms with Gasteiger partial charge in [-0.1, -0.05) is 17.8 Å². The summed E-state index contributed by atoms with van der Waals surface area (Å²) in [5.74, 6) is 2.19. The zero-order valence-corrected chi connectivity index (χ0v) is 16.3. The van der Waals surface area contributed by atoms with E-state index in [0.717, 1.165) is 29.4 Å². The first kappa shape index (κ1) is 18.6. The molecular formula is C18H24N4O3S. The van der Waals surface area contributed by atoms with Gasteiger partial charge in [-0.15, -0.1) is 10.2 Å². The van der Waals surface area contributed by atoms with E-state index in [0.29, 0.717) is 24.1 Å². The number of aryl methyl sites for hydroxylation is 1. The van der Waals surface area contributed by atoms with Gasteiger partial charge < -0.3 is 19.4 Å². The van der Waals surface area contributed by atoms with Gasteiger partial charge in [-0.3, -0.25) is 4.79 Å². The van der Waals surface area contributed by atoms with E-state index in [-0.39, 0.29) is 11.2 Å². The number of methoxy groups -OCH3 is 2. The van der Waals surface area contributed by atoms with Crippen molar-refractivity contribution in [2.24, 2.45) is 0 Å². The monoisotopic (exact) mass is 376 g/mol. The molecule has 3 rings (SSSR count). The molecule has 1 atom stereocenters. The summed E-state index contributed by atoms with van der Waals surface area (Å²) in [7, 11) is 3.19. The lowest BCUT2D eigenvalue weighted by molar-refractivity contribution is -0.120. The number of nitrogens with zero attached hydrogens (tertiary/aromatic N) is 3. The standard InChI is InChI=1S/C18H24N4O3S/c1-11(26-18-21-20-12(2)22(18)14-6-7-14)17(23)19-10-13-5-8-15(24-3)16(9-13)25-4/h5,8-9,11,14H,6-7,10H2,1-4H3,(H,19,23)/t11-/m0/s1. The summed E-state index contributed by atoms with van der Waals surface area (Å²) in [6, 6.07) is 6.10. The second kappa shape index (κ2) is 7.99. The largest absolute Gasteiger partial charge is 0.493 e. The molecule has 0 spiro atoms. The van der Waals surface area contributed by atoms with E-state index in [1.165, 1.54) is 11.8 Å². The van der Waals surface area contributed by atoms with Crippen LogP contribution in [0.4, 0.5) is 0 Å². The summed E-state index contributed by atoms with van der Waals surface area (Å²) >= 11 is 1.45. The van der Waals surface area contributed by atoms with Crippen LogP contribution in [-0.2, 0) is 11.3 Å². The maximum atomic E-state index is 12.5. The molecule has 0 bridgehead atoms. The summed E-state index contributed by atoms with van der Waals surface area (Å²) in [4.78, 5) is 12.5. The van der Waals surface area contributed by atoms with Crippen molar-refractivity contribution in [1.29, 1.82) is 0 Å². The predicted molar refractivity (Wildman–Crippen MR) is 99.7 cm³/mol. The summed E-state index contributed by atoms with van der Waals surface area (Å²) in [6.45, 7) is 4.27. The van der Waals surface area contributed by atoms with Crippen LogP contribution in [0.15, 0.2) is 23.4 Å². The fraction of sp³-hybridized carbons (Fsp3) is 0.500. The fourth-order valence-electron chi connectivity index (χ4n) is 2.72. The molecule has 1 fully saturated rings. The summed E-state index contributed by atoms with van der Waals surface area (Å²) < 4.78 is 12.7. The predicted octanol–water partition coefficient (Wildman–Crippen LogP) is 2.74. The summed E-state index contributed by atoms with van der Waals surface area (Å²) in [5.41, 5.74) is 0.949. The molecule has 7 nitrogen and oxygen atoms in total. The van der Waals surface area contributed by atoms with E-state index < -0.39 is 0 Å². The third-order valence-electron chi connectivity index (χ3n) is 4.31. The van der Waals surface area contributed by atoms with Crippen molar-refractivity contribution in [3.05, 3.63) is 29.6 Å². The minimum absolute atomic E-state index is 0.0345. The molecule has 2 aromatic rings. The van der Waals surface area contributed by atoms with Crippen LogP contribution < -0.4 is 14.8 Å². The molecule has 8 heteroatoms. The molecule has 1 aromatic carbocycles. The number of benzene rings is 1. The summed E-state index contributed by atoms with van der Waals surface area (Å²) in [5, 5.41) is 11.9. The average Bonchev–Trinajstić information content (AvgIpc) is 3.42. The van der Waals surface area contributed by atoms with E-state index in [9.17, 15) is 4.79 Å². The lowest BCUT2D eigenvalue weighted by Gasteiger charge is -2.14. The Morgan fingerprint density at radius 3 is 2.69 bits per heavy atom. The van der Waals surface area contributed by atoms with Gasteiger partial charge in [-0.2, -0.15) is 0 Å². The highest BCUT2D eigenvalue weighted by atomic mass is 32.2. The van der Waals surface area contributed by atoms with Gasteiger partial charge >= 0.3 is 0 Å². The van der Waals surface area contributed by atoms with E-state index in [4.69, 9.17) is 9.47 Å². The smallest absolute Gasteiger partial charge is 0.233 e. The lowest BCUT2D eigenvalue weighted by atomic mass is 10.2. The molecule has 0 aliphatic heterocycles. The van der Waals surface area contributed by atoms with Gasteiger partial charge in [0.1, 0.15) is 5.82 Å². The number of hydrogen-bond acceptors (Lipinski definition) is 6. The van der Waals surface area contributed by atoms with Gasteiger partial charge in [0.25, 0.3) is 0 Å². The highest BCUT2D eigenvalue weighted by Crippen LogP contribution is 2.39. The van der Waals surface area contributed by atoms with Crippen LogP contribution in [0.5, 0.6) is 11.5 Å². The fourth-order valence-corrected chi connectivity index (χ4v) is 3.71. The molecule has 0 radical (unpaired) electrons. The number of carbonyl (C=O) groups excluding carboxylic acids is 1. The topological polar surface area (TPSA) is 78.3 Å². The second-order valence-corrected chi connectivity index (χ2v) is 7.61. The van der Waals surface area contributed by atoms with Gasteiger partial charge in [0.2, 0.25) is 5.91 Å². The van der Waals surface area contributed by atoms with Crippen molar-refractivity contribution < 1.29 is 14.3 Å². The first-order valence-corrected chi connectivity index (χ1v) is 9.48. The molecule has 0 unspecified atom stereocenters. The highest BCUT2D eigenvalue weighted by molar-refractivity contribution is 8.00. The zero-order chi connectivity index (χ0) is 18.7. The van der Waals surface area contributed by atoms with Crippen LogP contribution in [0.1, 0.15) is 37.2 Å². The van der Waals surface area contributed by atoms with Crippen LogP contribution in [0.3, 0.4) is 0 Å². The Bertz CT molecular complexity index is 789. The molecule has 26 heavy (non-hydrogen) atoms. The number of rotatable bonds is 8. The van der Waals surface area contributed by atoms with E-state index >= 15 is 0 Å². The molecule has 1 aliphatic rings. The van der Waals surface area contributed by atoms with Crippen molar-refractivity contribution in [2.75, 3.05) is 14.2 Å². The minimum Gasteiger partial charge on any atom is -0.493 e. The zero-order valence-electron chi connectivity index (χ0n) is 15.5. The number of carbonyl (C=O) groups is 1. The molecule has 1 saturated carbocycles. The van der Waals surface area contributed by atoms with E-state index in [2.05, 4.69) is 20.1 Å². The molecule has 1 N–H and O–H groups in total. The van der Waals surface area contributed by atoms with Gasteiger partial charge in [-0.05, 0) is 44.4 Å². The second-order valence-electron chi connectivity index (χ2n) is 6.30. The molecule has 140 valence electrons. The number of nitrogens with one attached hydrogen (secondary N) is 1. The van der Waals surface area contributed by atoms with Gasteiger partial charge in [0, 0.05) is 12.6 Å². The van der Waals surface area contributed by atoms with Crippen molar-refractivity contribution in [3.8, 4) is 11.5 Å². The third kappa shape index (κ3) is 4.12. The Kier molecular flexibility index (Phi) is 5.70. The summed E-state index contributed by atoms with van der Waals surface area (Å²) in [6.07, 6.45) is 2.32. The number of amides is 1. The van der Waals surface area contributed by atoms with E-state index in [1.807, 2.05) is 32.0 Å². The average molecular weight is 376 g/mol. The Morgan fingerprint density at radius 1 is 1.31 bits per heavy atom. The van der Waals surface area contributed by atoms with E-state index in [1.54, 1.807) is 14.2 Å². The maximum absolute atomic E-state index is 12.5. The van der Waals surface area contributed by atoms with Gasteiger partial charge in [-0.25, -0.2) is 0 Å². The van der Waals surface area contributed by atoms with Crippen molar-refractivity contribution >= 4 is 17.7 Å². The number of aromatic nitrogens is 3. The Hall–Kier alpha value is -2.22. The minimum atomic E-state index is -0.253. The molecule has 1 heterocycles. The maximum Gasteiger partial charge on any atom is 0.233 e. The van der Waals surface area contributed by atoms with Gasteiger partial charge in [0.05, 0.1) is 19.5 Å². The molecule has 1 aliphatic carbocycles. The third-order valence-corrected chi connectivity index (χ3v) is 5.37. The lowest BCUT2D eigenvalue weighted by Crippen LogP contribution is -2.30. The Labute approximate surface area is 157 Å². The quantitative estimate of drug-likeness (QED) is 0.714. The number of ether oxygens (including phenoxy) is 2. The van der Waals surface area contributed by atoms with Crippen LogP contribution in [0.25, 0.3) is 0 Å². The van der Waals surface area contributed by atoms with Crippen LogP contribution in [0.2, 0.25) is 0 Å². The highest BCUT2D eigenvalue weighted by Gasteiger charge is 2.29. The van der Waals surface area contributed by atoms with Gasteiger partial charge in [0.15, 0.2) is 16.7 Å². The Balaban J connectivity index is 1.58. The molecular weight excluding hydrogens is 352 g/mol. The van der Waals surface area contributed by atoms with Crippen LogP contribution in [-0.4, -0.2) is 40.1 Å². The van der Waals surface area contributed by atoms with Crippen LogP contribution >= 0.6 is 11.8 Å². The first-order chi connectivity index (χ1) is 12.5.